The van der Waals surface area contributed by atoms with Crippen LogP contribution in [0.15, 0.2) is 54.7 Å². The highest BCUT2D eigenvalue weighted by Crippen LogP contribution is 2.40. The van der Waals surface area contributed by atoms with Gasteiger partial charge in [-0.25, -0.2) is 4.98 Å². The van der Waals surface area contributed by atoms with Crippen LogP contribution >= 0.6 is 0 Å². The van der Waals surface area contributed by atoms with E-state index >= 15 is 0 Å². The van der Waals surface area contributed by atoms with Crippen LogP contribution in [0.1, 0.15) is 18.4 Å². The van der Waals surface area contributed by atoms with Gasteiger partial charge < -0.3 is 34.5 Å². The van der Waals surface area contributed by atoms with E-state index in [2.05, 4.69) is 25.3 Å². The summed E-state index contributed by atoms with van der Waals surface area (Å²) in [4.78, 5) is 19.5. The van der Waals surface area contributed by atoms with Crippen molar-refractivity contribution in [2.45, 2.75) is 25.7 Å². The molecule has 1 aliphatic rings. The number of hydrogen-bond donors (Lipinski definition) is 2. The molecule has 12 heteroatoms. The number of methoxy groups -OCH3 is 3. The monoisotopic (exact) mass is 560 g/mol. The van der Waals surface area contributed by atoms with Crippen molar-refractivity contribution in [3.63, 3.8) is 0 Å². The van der Waals surface area contributed by atoms with Crippen LogP contribution in [0.3, 0.4) is 0 Å². The summed E-state index contributed by atoms with van der Waals surface area (Å²) in [6.45, 7) is 1.52. The molecule has 9 nitrogen and oxygen atoms in total. The van der Waals surface area contributed by atoms with Crippen LogP contribution in [0.2, 0.25) is 0 Å². The van der Waals surface area contributed by atoms with Crippen LogP contribution in [0.4, 0.5) is 30.4 Å². The Morgan fingerprint density at radius 1 is 1.02 bits per heavy atom. The van der Waals surface area contributed by atoms with Gasteiger partial charge in [0.2, 0.25) is 11.7 Å². The first-order valence-corrected chi connectivity index (χ1v) is 12.6. The molecule has 0 radical (unpaired) electrons. The number of hydrogen-bond acceptors (Lipinski definition) is 8. The highest BCUT2D eigenvalue weighted by atomic mass is 19.4. The molecule has 2 N–H and O–H groups in total. The number of aromatic nitrogens is 1. The van der Waals surface area contributed by atoms with Gasteiger partial charge in [0.05, 0.1) is 27.2 Å². The highest BCUT2D eigenvalue weighted by Gasteiger charge is 2.31. The minimum Gasteiger partial charge on any atom is -0.493 e. The largest absolute Gasteiger partial charge is 0.573 e. The molecule has 0 spiro atoms. The van der Waals surface area contributed by atoms with Gasteiger partial charge >= 0.3 is 6.36 Å². The van der Waals surface area contributed by atoms with Gasteiger partial charge in [0, 0.05) is 55.4 Å². The summed E-state index contributed by atoms with van der Waals surface area (Å²) < 4.78 is 57.2. The third kappa shape index (κ3) is 7.39. The summed E-state index contributed by atoms with van der Waals surface area (Å²) in [5, 5.41) is 6.17. The number of carbonyl (C=O) groups excluding carboxylic acids is 1. The van der Waals surface area contributed by atoms with Gasteiger partial charge in [-0.3, -0.25) is 4.79 Å². The normalized spacial score (nSPS) is 15.2. The molecule has 40 heavy (non-hydrogen) atoms. The second-order valence-electron chi connectivity index (χ2n) is 9.13. The lowest BCUT2D eigenvalue weighted by Crippen LogP contribution is -2.43. The Balaban J connectivity index is 1.37. The maximum Gasteiger partial charge on any atom is 0.573 e. The van der Waals surface area contributed by atoms with Crippen LogP contribution < -0.4 is 34.5 Å². The molecule has 1 aliphatic heterocycles. The van der Waals surface area contributed by atoms with E-state index in [1.165, 1.54) is 24.3 Å². The van der Waals surface area contributed by atoms with Crippen molar-refractivity contribution in [1.29, 1.82) is 0 Å². The number of nitrogens with zero attached hydrogens (tertiary/aromatic N) is 2. The number of alkyl halides is 3. The van der Waals surface area contributed by atoms with Crippen LogP contribution in [0, 0.1) is 5.92 Å². The van der Waals surface area contributed by atoms with Crippen molar-refractivity contribution in [3.8, 4) is 23.0 Å². The van der Waals surface area contributed by atoms with Gasteiger partial charge in [-0.15, -0.1) is 13.2 Å². The quantitative estimate of drug-likeness (QED) is 0.346. The fraction of sp³-hybridized carbons (Fsp3) is 0.357. The van der Waals surface area contributed by atoms with Crippen molar-refractivity contribution in [2.24, 2.45) is 5.92 Å². The van der Waals surface area contributed by atoms with Gasteiger partial charge in [0.15, 0.2) is 11.5 Å². The molecule has 0 saturated carbocycles. The molecule has 0 bridgehead atoms. The number of anilines is 3. The van der Waals surface area contributed by atoms with Gasteiger partial charge in [-0.2, -0.15) is 0 Å². The summed E-state index contributed by atoms with van der Waals surface area (Å²) >= 11 is 0. The first-order chi connectivity index (χ1) is 19.2. The average molecular weight is 561 g/mol. The standard InChI is InChI=1S/C28H31F3N4O5/c1-37-23-13-20(14-24(38-2)26(23)39-3)34-25-15-21(10-11-32-25)35-12-4-5-19(17-35)27(36)33-16-18-6-8-22(9-7-18)40-28(29,30)31/h6-11,13-15,19H,4-5,12,16-17H2,1-3H3,(H,32,34)(H,33,36)/t19-/m0/s1. The molecule has 1 atom stereocenters. The van der Waals surface area contributed by atoms with Crippen molar-refractivity contribution in [1.82, 2.24) is 10.3 Å². The summed E-state index contributed by atoms with van der Waals surface area (Å²) in [7, 11) is 4.64. The zero-order valence-electron chi connectivity index (χ0n) is 22.4. The number of halogens is 3. The van der Waals surface area contributed by atoms with E-state index in [1.807, 2.05) is 12.1 Å². The fourth-order valence-electron chi connectivity index (χ4n) is 4.55. The Morgan fingerprint density at radius 3 is 2.35 bits per heavy atom. The number of ether oxygens (including phenoxy) is 4. The summed E-state index contributed by atoms with van der Waals surface area (Å²) in [5.41, 5.74) is 2.29. The van der Waals surface area contributed by atoms with Crippen molar-refractivity contribution in [3.05, 3.63) is 60.3 Å². The molecule has 1 saturated heterocycles. The van der Waals surface area contributed by atoms with E-state index in [4.69, 9.17) is 14.2 Å². The van der Waals surface area contributed by atoms with Gasteiger partial charge in [0.1, 0.15) is 11.6 Å². The van der Waals surface area contributed by atoms with Gasteiger partial charge in [-0.05, 0) is 36.6 Å². The number of pyridine rings is 1. The van der Waals surface area contributed by atoms with E-state index in [-0.39, 0.29) is 24.1 Å². The second-order valence-corrected chi connectivity index (χ2v) is 9.13. The van der Waals surface area contributed by atoms with Crippen LogP contribution in [-0.4, -0.2) is 51.7 Å². The molecule has 1 amide bonds. The molecular weight excluding hydrogens is 529 g/mol. The van der Waals surface area contributed by atoms with E-state index < -0.39 is 6.36 Å². The number of benzene rings is 2. The highest BCUT2D eigenvalue weighted by molar-refractivity contribution is 5.79. The lowest BCUT2D eigenvalue weighted by molar-refractivity contribution is -0.274. The Morgan fingerprint density at radius 2 is 1.73 bits per heavy atom. The number of carbonyl (C=O) groups is 1. The Labute approximate surface area is 230 Å². The van der Waals surface area contributed by atoms with E-state index in [0.29, 0.717) is 40.9 Å². The first-order valence-electron chi connectivity index (χ1n) is 12.6. The maximum absolute atomic E-state index is 12.9. The zero-order valence-corrected chi connectivity index (χ0v) is 22.4. The Hall–Kier alpha value is -4.35. The van der Waals surface area contributed by atoms with Crippen molar-refractivity contribution < 1.29 is 36.9 Å². The molecule has 1 fully saturated rings. The topological polar surface area (TPSA) is 94.2 Å². The maximum atomic E-state index is 12.9. The molecule has 214 valence electrons. The van der Waals surface area contributed by atoms with E-state index in [0.717, 1.165) is 25.1 Å². The van der Waals surface area contributed by atoms with E-state index in [1.54, 1.807) is 39.7 Å². The predicted molar refractivity (Wildman–Crippen MR) is 144 cm³/mol. The summed E-state index contributed by atoms with van der Waals surface area (Å²) in [6.07, 6.45) is -1.47. The molecule has 2 heterocycles. The molecular formula is C28H31F3N4O5. The lowest BCUT2D eigenvalue weighted by atomic mass is 9.96. The molecule has 2 aromatic carbocycles. The average Bonchev–Trinajstić information content (AvgIpc) is 2.95. The molecule has 0 unspecified atom stereocenters. The number of amides is 1. The molecule has 4 rings (SSSR count). The third-order valence-corrected chi connectivity index (χ3v) is 6.46. The number of rotatable bonds is 10. The van der Waals surface area contributed by atoms with Crippen LogP contribution in [0.25, 0.3) is 0 Å². The van der Waals surface area contributed by atoms with Gasteiger partial charge in [-0.1, -0.05) is 12.1 Å². The van der Waals surface area contributed by atoms with Crippen LogP contribution in [-0.2, 0) is 11.3 Å². The Bertz CT molecular complexity index is 1280. The zero-order chi connectivity index (χ0) is 28.7. The third-order valence-electron chi connectivity index (χ3n) is 6.46. The van der Waals surface area contributed by atoms with Crippen molar-refractivity contribution in [2.75, 3.05) is 44.6 Å². The smallest absolute Gasteiger partial charge is 0.493 e. The van der Waals surface area contributed by atoms with Crippen molar-refractivity contribution >= 4 is 23.1 Å². The minimum absolute atomic E-state index is 0.106. The fourth-order valence-corrected chi connectivity index (χ4v) is 4.55. The second kappa shape index (κ2) is 12.7. The number of nitrogens with one attached hydrogen (secondary N) is 2. The minimum atomic E-state index is -4.75. The molecule has 0 aliphatic carbocycles. The predicted octanol–water partition coefficient (Wildman–Crippen LogP) is 5.28. The molecule has 3 aromatic rings. The van der Waals surface area contributed by atoms with Gasteiger partial charge in [0.25, 0.3) is 0 Å². The van der Waals surface area contributed by atoms with E-state index in [9.17, 15) is 18.0 Å². The lowest BCUT2D eigenvalue weighted by Gasteiger charge is -2.33. The summed E-state index contributed by atoms with van der Waals surface area (Å²) in [6, 6.07) is 12.8. The SMILES string of the molecule is COc1cc(Nc2cc(N3CCC[C@H](C(=O)NCc4ccc(OC(F)(F)F)cc4)C3)ccn2)cc(OC)c1OC. The first kappa shape index (κ1) is 28.7. The number of piperidine rings is 1. The molecule has 1 aromatic heterocycles. The summed E-state index contributed by atoms with van der Waals surface area (Å²) in [5.74, 6) is 1.47. The van der Waals surface area contributed by atoms with Crippen LogP contribution in [0.5, 0.6) is 23.0 Å². The Kier molecular flexibility index (Phi) is 9.08.